The van der Waals surface area contributed by atoms with E-state index >= 15 is 0 Å². The molecule has 0 fully saturated rings. The van der Waals surface area contributed by atoms with Crippen LogP contribution in [0.1, 0.15) is 29.5 Å². The Morgan fingerprint density at radius 3 is 2.85 bits per heavy atom. The largest absolute Gasteiger partial charge is 0.497 e. The molecule has 4 nitrogen and oxygen atoms in total. The second-order valence-corrected chi connectivity index (χ2v) is 5.93. The highest BCUT2D eigenvalue weighted by Crippen LogP contribution is 2.40. The van der Waals surface area contributed by atoms with Crippen molar-refractivity contribution in [3.05, 3.63) is 28.8 Å². The quantitative estimate of drug-likeness (QED) is 0.943. The zero-order valence-corrected chi connectivity index (χ0v) is 12.5. The van der Waals surface area contributed by atoms with Crippen LogP contribution in [0, 0.1) is 0 Å². The smallest absolute Gasteiger partial charge is 0.129 e. The lowest BCUT2D eigenvalue weighted by atomic mass is 9.99. The highest BCUT2D eigenvalue weighted by Gasteiger charge is 2.23. The van der Waals surface area contributed by atoms with Gasteiger partial charge in [0.2, 0.25) is 0 Å². The lowest BCUT2D eigenvalue weighted by Crippen LogP contribution is -2.15. The number of ether oxygens (including phenoxy) is 2. The average molecular weight is 290 g/mol. The molecule has 2 aromatic rings. The van der Waals surface area contributed by atoms with Crippen molar-refractivity contribution in [3.8, 4) is 22.1 Å². The maximum Gasteiger partial charge on any atom is 0.129 e. The first-order chi connectivity index (χ1) is 9.72. The van der Waals surface area contributed by atoms with Gasteiger partial charge in [-0.05, 0) is 37.5 Å². The fraction of sp³-hybridized carbons (Fsp3) is 0.400. The van der Waals surface area contributed by atoms with Gasteiger partial charge in [0, 0.05) is 10.9 Å². The molecule has 0 bridgehead atoms. The first-order valence-electron chi connectivity index (χ1n) is 6.70. The lowest BCUT2D eigenvalue weighted by Gasteiger charge is -2.15. The number of hydrogen-bond acceptors (Lipinski definition) is 5. The fourth-order valence-corrected chi connectivity index (χ4v) is 3.72. The van der Waals surface area contributed by atoms with Crippen LogP contribution in [0.5, 0.6) is 11.5 Å². The van der Waals surface area contributed by atoms with Gasteiger partial charge in [0.05, 0.1) is 25.5 Å². The Bertz CT molecular complexity index is 624. The molecule has 0 radical (unpaired) electrons. The summed E-state index contributed by atoms with van der Waals surface area (Å²) in [6.45, 7) is 0. The fourth-order valence-electron chi connectivity index (χ4n) is 2.55. The van der Waals surface area contributed by atoms with Gasteiger partial charge < -0.3 is 15.2 Å². The van der Waals surface area contributed by atoms with E-state index in [0.717, 1.165) is 47.0 Å². The van der Waals surface area contributed by atoms with Crippen LogP contribution in [0.3, 0.4) is 0 Å². The number of methoxy groups -OCH3 is 2. The van der Waals surface area contributed by atoms with E-state index in [9.17, 15) is 0 Å². The number of fused-ring (bicyclic) bond motifs is 1. The molecular weight excluding hydrogens is 272 g/mol. The molecule has 1 heterocycles. The summed E-state index contributed by atoms with van der Waals surface area (Å²) in [6, 6.07) is 5.90. The molecule has 1 atom stereocenters. The monoisotopic (exact) mass is 290 g/mol. The van der Waals surface area contributed by atoms with E-state index in [1.54, 1.807) is 25.6 Å². The zero-order valence-electron chi connectivity index (χ0n) is 11.7. The summed E-state index contributed by atoms with van der Waals surface area (Å²) in [5.74, 6) is 1.61. The summed E-state index contributed by atoms with van der Waals surface area (Å²) in [6.07, 6.45) is 3.18. The third-order valence-corrected chi connectivity index (χ3v) is 4.89. The number of rotatable bonds is 3. The minimum atomic E-state index is 0.126. The van der Waals surface area contributed by atoms with Crippen molar-refractivity contribution in [3.63, 3.8) is 0 Å². The molecule has 0 saturated carbocycles. The summed E-state index contributed by atoms with van der Waals surface area (Å²) in [7, 11) is 3.33. The summed E-state index contributed by atoms with van der Waals surface area (Å²) in [5.41, 5.74) is 8.30. The molecule has 1 aliphatic rings. The maximum absolute atomic E-state index is 6.18. The molecule has 1 aromatic heterocycles. The van der Waals surface area contributed by atoms with Crippen LogP contribution in [0.25, 0.3) is 10.6 Å². The van der Waals surface area contributed by atoms with Crippen molar-refractivity contribution >= 4 is 11.3 Å². The van der Waals surface area contributed by atoms with Gasteiger partial charge >= 0.3 is 0 Å². The normalized spacial score (nSPS) is 17.6. The van der Waals surface area contributed by atoms with Crippen LogP contribution in [0.2, 0.25) is 0 Å². The van der Waals surface area contributed by atoms with E-state index < -0.39 is 0 Å². The van der Waals surface area contributed by atoms with Crippen molar-refractivity contribution in [2.75, 3.05) is 14.2 Å². The number of hydrogen-bond donors (Lipinski definition) is 1. The molecule has 0 saturated heterocycles. The van der Waals surface area contributed by atoms with Gasteiger partial charge in [0.1, 0.15) is 16.5 Å². The molecule has 1 aliphatic carbocycles. The number of nitrogens with zero attached hydrogens (tertiary/aromatic N) is 1. The molecule has 0 aliphatic heterocycles. The predicted molar refractivity (Wildman–Crippen MR) is 80.5 cm³/mol. The van der Waals surface area contributed by atoms with Crippen LogP contribution >= 0.6 is 11.3 Å². The second kappa shape index (κ2) is 5.42. The molecule has 2 N–H and O–H groups in total. The first kappa shape index (κ1) is 13.4. The Labute approximate surface area is 122 Å². The van der Waals surface area contributed by atoms with Crippen LogP contribution in [0.15, 0.2) is 18.2 Å². The molecular formula is C15H18N2O2S. The van der Waals surface area contributed by atoms with Gasteiger partial charge in [-0.1, -0.05) is 0 Å². The SMILES string of the molecule is COc1ccc(OC)c(-c2nc3c(s2)C(N)CCC3)c1. The molecule has 0 amide bonds. The Morgan fingerprint density at radius 1 is 1.30 bits per heavy atom. The van der Waals surface area contributed by atoms with Crippen LogP contribution < -0.4 is 15.2 Å². The summed E-state index contributed by atoms with van der Waals surface area (Å²) in [4.78, 5) is 5.98. The van der Waals surface area contributed by atoms with E-state index in [2.05, 4.69) is 0 Å². The number of aromatic nitrogens is 1. The minimum absolute atomic E-state index is 0.126. The van der Waals surface area contributed by atoms with Crippen LogP contribution in [-0.4, -0.2) is 19.2 Å². The molecule has 3 rings (SSSR count). The van der Waals surface area contributed by atoms with Crippen molar-refractivity contribution < 1.29 is 9.47 Å². The predicted octanol–water partition coefficient (Wildman–Crippen LogP) is 3.16. The standard InChI is InChI=1S/C15H18N2O2S/c1-18-9-6-7-13(19-2)10(8-9)15-17-12-5-3-4-11(16)14(12)20-15/h6-8,11H,3-5,16H2,1-2H3. The third kappa shape index (κ3) is 2.27. The molecule has 20 heavy (non-hydrogen) atoms. The topological polar surface area (TPSA) is 57.4 Å². The van der Waals surface area contributed by atoms with Crippen LogP contribution in [0.4, 0.5) is 0 Å². The molecule has 5 heteroatoms. The number of nitrogens with two attached hydrogens (primary N) is 1. The summed E-state index contributed by atoms with van der Waals surface area (Å²) < 4.78 is 10.7. The summed E-state index contributed by atoms with van der Waals surface area (Å²) >= 11 is 1.67. The van der Waals surface area contributed by atoms with Crippen molar-refractivity contribution in [1.29, 1.82) is 0 Å². The number of aryl methyl sites for hydroxylation is 1. The van der Waals surface area contributed by atoms with E-state index in [0.29, 0.717) is 0 Å². The molecule has 1 unspecified atom stereocenters. The van der Waals surface area contributed by atoms with Crippen molar-refractivity contribution in [1.82, 2.24) is 4.98 Å². The Hall–Kier alpha value is -1.59. The van der Waals surface area contributed by atoms with E-state index in [-0.39, 0.29) is 6.04 Å². The Morgan fingerprint density at radius 2 is 2.15 bits per heavy atom. The van der Waals surface area contributed by atoms with E-state index in [1.165, 1.54) is 4.88 Å². The van der Waals surface area contributed by atoms with Gasteiger partial charge in [-0.15, -0.1) is 11.3 Å². The van der Waals surface area contributed by atoms with Crippen molar-refractivity contribution in [2.45, 2.75) is 25.3 Å². The lowest BCUT2D eigenvalue weighted by molar-refractivity contribution is 0.404. The Kier molecular flexibility index (Phi) is 3.63. The first-order valence-corrected chi connectivity index (χ1v) is 7.52. The van der Waals surface area contributed by atoms with Gasteiger partial charge in [-0.25, -0.2) is 4.98 Å². The minimum Gasteiger partial charge on any atom is -0.497 e. The van der Waals surface area contributed by atoms with E-state index in [1.807, 2.05) is 18.2 Å². The van der Waals surface area contributed by atoms with E-state index in [4.69, 9.17) is 20.2 Å². The van der Waals surface area contributed by atoms with Gasteiger partial charge in [-0.2, -0.15) is 0 Å². The Balaban J connectivity index is 2.08. The zero-order chi connectivity index (χ0) is 14.1. The van der Waals surface area contributed by atoms with Crippen molar-refractivity contribution in [2.24, 2.45) is 5.73 Å². The number of benzene rings is 1. The average Bonchev–Trinajstić information content (AvgIpc) is 2.92. The van der Waals surface area contributed by atoms with Gasteiger partial charge in [-0.3, -0.25) is 0 Å². The molecule has 106 valence electrons. The molecule has 1 aromatic carbocycles. The number of thiazole rings is 1. The highest BCUT2D eigenvalue weighted by molar-refractivity contribution is 7.15. The van der Waals surface area contributed by atoms with Gasteiger partial charge in [0.25, 0.3) is 0 Å². The maximum atomic E-state index is 6.18. The highest BCUT2D eigenvalue weighted by atomic mass is 32.1. The molecule has 0 spiro atoms. The third-order valence-electron chi connectivity index (χ3n) is 3.63. The van der Waals surface area contributed by atoms with Gasteiger partial charge in [0.15, 0.2) is 0 Å². The summed E-state index contributed by atoms with van der Waals surface area (Å²) in [5, 5.41) is 0.961. The second-order valence-electron chi connectivity index (χ2n) is 4.89. The van der Waals surface area contributed by atoms with Crippen LogP contribution in [-0.2, 0) is 6.42 Å².